The van der Waals surface area contributed by atoms with Crippen molar-refractivity contribution >= 4 is 43.2 Å². The SMILES string of the molecule is FC(F)(F)C(Br)c1ncc(Br)s1. The molecule has 0 saturated carbocycles. The maximum atomic E-state index is 12.0. The van der Waals surface area contributed by atoms with Gasteiger partial charge in [0.15, 0.2) is 4.83 Å². The third-order valence-electron chi connectivity index (χ3n) is 1.000. The van der Waals surface area contributed by atoms with Gasteiger partial charge in [0.25, 0.3) is 0 Å². The number of thiazole rings is 1. The number of hydrogen-bond donors (Lipinski definition) is 0. The zero-order valence-corrected chi connectivity index (χ0v) is 9.39. The third kappa shape index (κ3) is 2.43. The highest BCUT2D eigenvalue weighted by Gasteiger charge is 2.40. The van der Waals surface area contributed by atoms with E-state index in [0.717, 1.165) is 11.3 Å². The van der Waals surface area contributed by atoms with Gasteiger partial charge in [-0.3, -0.25) is 0 Å². The van der Waals surface area contributed by atoms with Crippen molar-refractivity contribution < 1.29 is 13.2 Å². The molecular weight excluding hydrogens is 323 g/mol. The first kappa shape index (κ1) is 10.5. The van der Waals surface area contributed by atoms with E-state index in [9.17, 15) is 13.2 Å². The number of aromatic nitrogens is 1. The second-order valence-electron chi connectivity index (χ2n) is 1.91. The molecule has 7 heteroatoms. The molecule has 0 spiro atoms. The Kier molecular flexibility index (Phi) is 3.16. The molecule has 12 heavy (non-hydrogen) atoms. The van der Waals surface area contributed by atoms with E-state index in [2.05, 4.69) is 36.8 Å². The molecule has 1 atom stereocenters. The quantitative estimate of drug-likeness (QED) is 0.714. The van der Waals surface area contributed by atoms with E-state index in [0.29, 0.717) is 3.79 Å². The lowest BCUT2D eigenvalue weighted by atomic mass is 10.4. The fourth-order valence-corrected chi connectivity index (χ4v) is 2.17. The Morgan fingerprint density at radius 2 is 2.08 bits per heavy atom. The van der Waals surface area contributed by atoms with Crippen LogP contribution >= 0.6 is 43.2 Å². The van der Waals surface area contributed by atoms with Crippen LogP contribution in [0.4, 0.5) is 13.2 Å². The largest absolute Gasteiger partial charge is 0.407 e. The summed E-state index contributed by atoms with van der Waals surface area (Å²) in [5.74, 6) is 0. The van der Waals surface area contributed by atoms with E-state index in [4.69, 9.17) is 0 Å². The number of hydrogen-bond acceptors (Lipinski definition) is 2. The maximum Gasteiger partial charge on any atom is 0.407 e. The number of halogens is 5. The van der Waals surface area contributed by atoms with Crippen LogP contribution in [0.2, 0.25) is 0 Å². The summed E-state index contributed by atoms with van der Waals surface area (Å²) < 4.78 is 36.7. The molecule has 68 valence electrons. The number of alkyl halides is 4. The molecule has 0 fully saturated rings. The lowest BCUT2D eigenvalue weighted by molar-refractivity contribution is -0.128. The Morgan fingerprint density at radius 1 is 1.50 bits per heavy atom. The highest BCUT2D eigenvalue weighted by atomic mass is 79.9. The molecule has 0 bridgehead atoms. The van der Waals surface area contributed by atoms with Gasteiger partial charge in [0.2, 0.25) is 0 Å². The Labute approximate surface area is 87.3 Å². The molecule has 1 heterocycles. The van der Waals surface area contributed by atoms with Gasteiger partial charge in [0.05, 0.1) is 9.98 Å². The van der Waals surface area contributed by atoms with Crippen molar-refractivity contribution in [3.8, 4) is 0 Å². The fourth-order valence-electron chi connectivity index (χ4n) is 0.524. The monoisotopic (exact) mass is 323 g/mol. The Morgan fingerprint density at radius 3 is 2.42 bits per heavy atom. The molecule has 0 aliphatic carbocycles. The minimum Gasteiger partial charge on any atom is -0.247 e. The smallest absolute Gasteiger partial charge is 0.247 e. The van der Waals surface area contributed by atoms with Crippen molar-refractivity contribution in [3.05, 3.63) is 15.0 Å². The lowest BCUT2D eigenvalue weighted by Gasteiger charge is -2.09. The van der Waals surface area contributed by atoms with Crippen LogP contribution in [0, 0.1) is 0 Å². The Hall–Kier alpha value is 0.380. The molecule has 1 unspecified atom stereocenters. The van der Waals surface area contributed by atoms with E-state index in [1.165, 1.54) is 6.20 Å². The molecule has 1 nitrogen and oxygen atoms in total. The predicted octanol–water partition coefficient (Wildman–Crippen LogP) is 3.90. The summed E-state index contributed by atoms with van der Waals surface area (Å²) >= 11 is 6.52. The summed E-state index contributed by atoms with van der Waals surface area (Å²) in [5.41, 5.74) is 0. The molecule has 0 aliphatic heterocycles. The first-order chi connectivity index (χ1) is 5.41. The van der Waals surface area contributed by atoms with Gasteiger partial charge >= 0.3 is 6.18 Å². The molecule has 0 saturated heterocycles. The molecule has 0 aromatic carbocycles. The number of nitrogens with zero attached hydrogens (tertiary/aromatic N) is 1. The Balaban J connectivity index is 2.85. The van der Waals surface area contributed by atoms with Crippen LogP contribution in [0.5, 0.6) is 0 Å². The normalized spacial score (nSPS) is 14.8. The average Bonchev–Trinajstić information content (AvgIpc) is 2.32. The second-order valence-corrected chi connectivity index (χ2v) is 5.26. The van der Waals surface area contributed by atoms with Gasteiger partial charge in [-0.2, -0.15) is 13.2 Å². The lowest BCUT2D eigenvalue weighted by Crippen LogP contribution is -2.14. The molecule has 0 N–H and O–H groups in total. The van der Waals surface area contributed by atoms with Crippen molar-refractivity contribution in [1.82, 2.24) is 4.98 Å². The van der Waals surface area contributed by atoms with Crippen LogP contribution in [-0.4, -0.2) is 11.2 Å². The van der Waals surface area contributed by atoms with Crippen molar-refractivity contribution in [3.63, 3.8) is 0 Å². The van der Waals surface area contributed by atoms with E-state index >= 15 is 0 Å². The van der Waals surface area contributed by atoms with E-state index in [1.54, 1.807) is 0 Å². The molecule has 0 amide bonds. The molecule has 1 aromatic rings. The zero-order chi connectivity index (χ0) is 9.35. The summed E-state index contributed by atoms with van der Waals surface area (Å²) in [5, 5.41) is 0.00868. The van der Waals surface area contributed by atoms with Crippen molar-refractivity contribution in [2.45, 2.75) is 11.0 Å². The predicted molar refractivity (Wildman–Crippen MR) is 47.5 cm³/mol. The molecule has 0 radical (unpaired) electrons. The van der Waals surface area contributed by atoms with E-state index in [1.807, 2.05) is 0 Å². The van der Waals surface area contributed by atoms with E-state index in [-0.39, 0.29) is 5.01 Å². The van der Waals surface area contributed by atoms with Gasteiger partial charge in [-0.1, -0.05) is 15.9 Å². The number of rotatable bonds is 1. The van der Waals surface area contributed by atoms with Crippen LogP contribution in [0.25, 0.3) is 0 Å². The van der Waals surface area contributed by atoms with Crippen molar-refractivity contribution in [1.29, 1.82) is 0 Å². The standard InChI is InChI=1S/C5H2Br2F3NS/c6-2-1-11-4(12-2)3(7)5(8,9)10/h1,3H. The minimum atomic E-state index is -4.28. The van der Waals surface area contributed by atoms with Gasteiger partial charge in [-0.05, 0) is 15.9 Å². The zero-order valence-electron chi connectivity index (χ0n) is 5.40. The van der Waals surface area contributed by atoms with Crippen LogP contribution < -0.4 is 0 Å². The van der Waals surface area contributed by atoms with Gasteiger partial charge in [0.1, 0.15) is 5.01 Å². The third-order valence-corrected chi connectivity index (χ3v) is 3.80. The maximum absolute atomic E-state index is 12.0. The van der Waals surface area contributed by atoms with Crippen LogP contribution in [-0.2, 0) is 0 Å². The summed E-state index contributed by atoms with van der Waals surface area (Å²) in [7, 11) is 0. The summed E-state index contributed by atoms with van der Waals surface area (Å²) in [6.07, 6.45) is -2.93. The minimum absolute atomic E-state index is 0.00868. The molecule has 1 aromatic heterocycles. The van der Waals surface area contributed by atoms with Gasteiger partial charge in [-0.15, -0.1) is 11.3 Å². The molecular formula is C5H2Br2F3NS. The van der Waals surface area contributed by atoms with Gasteiger partial charge in [0, 0.05) is 0 Å². The van der Waals surface area contributed by atoms with Gasteiger partial charge < -0.3 is 0 Å². The van der Waals surface area contributed by atoms with Crippen molar-refractivity contribution in [2.24, 2.45) is 0 Å². The van der Waals surface area contributed by atoms with Crippen LogP contribution in [0.3, 0.4) is 0 Å². The first-order valence-corrected chi connectivity index (χ1v) is 5.26. The second kappa shape index (κ2) is 3.63. The van der Waals surface area contributed by atoms with Gasteiger partial charge in [-0.25, -0.2) is 4.98 Å². The average molecular weight is 325 g/mol. The molecule has 0 aliphatic rings. The summed E-state index contributed by atoms with van der Waals surface area (Å²) in [4.78, 5) is 1.92. The van der Waals surface area contributed by atoms with E-state index < -0.39 is 11.0 Å². The summed E-state index contributed by atoms with van der Waals surface area (Å²) in [6, 6.07) is 0. The topological polar surface area (TPSA) is 12.9 Å². The first-order valence-electron chi connectivity index (χ1n) is 2.73. The summed E-state index contributed by atoms with van der Waals surface area (Å²) in [6.45, 7) is 0. The van der Waals surface area contributed by atoms with Crippen LogP contribution in [0.1, 0.15) is 9.83 Å². The Bertz CT molecular complexity index is 272. The highest BCUT2D eigenvalue weighted by Crippen LogP contribution is 2.41. The molecule has 1 rings (SSSR count). The van der Waals surface area contributed by atoms with Crippen molar-refractivity contribution in [2.75, 3.05) is 0 Å². The fraction of sp³-hybridized carbons (Fsp3) is 0.400. The van der Waals surface area contributed by atoms with Crippen LogP contribution in [0.15, 0.2) is 9.98 Å². The highest BCUT2D eigenvalue weighted by molar-refractivity contribution is 9.11.